The largest absolute Gasteiger partial charge is 0.466 e. The van der Waals surface area contributed by atoms with Crippen molar-refractivity contribution in [2.75, 3.05) is 13.2 Å². The van der Waals surface area contributed by atoms with Gasteiger partial charge in [-0.3, -0.25) is 9.59 Å². The van der Waals surface area contributed by atoms with Crippen molar-refractivity contribution in [3.05, 3.63) is 60.8 Å². The minimum atomic E-state index is -0.843. The molecule has 0 radical (unpaired) electrons. The highest BCUT2D eigenvalue weighted by atomic mass is 16.5. The van der Waals surface area contributed by atoms with Gasteiger partial charge in [0.05, 0.1) is 25.4 Å². The molecule has 0 saturated heterocycles. The van der Waals surface area contributed by atoms with E-state index in [2.05, 4.69) is 67.8 Å². The number of hydrogen-bond donors (Lipinski definition) is 3. The quantitative estimate of drug-likeness (QED) is 0.0320. The Kier molecular flexibility index (Phi) is 61.0. The van der Waals surface area contributed by atoms with Crippen LogP contribution in [-0.4, -0.2) is 47.4 Å². The predicted molar refractivity (Wildman–Crippen MR) is 324 cm³/mol. The van der Waals surface area contributed by atoms with Crippen LogP contribution in [0, 0.1) is 0 Å². The summed E-state index contributed by atoms with van der Waals surface area (Å²) in [5.41, 5.74) is 0. The number of aliphatic hydroxyl groups is 2. The van der Waals surface area contributed by atoms with E-state index in [1.54, 1.807) is 6.08 Å². The van der Waals surface area contributed by atoms with E-state index in [9.17, 15) is 19.8 Å². The van der Waals surface area contributed by atoms with Crippen LogP contribution >= 0.6 is 0 Å². The number of nitrogens with one attached hydrogen (secondary N) is 1. The van der Waals surface area contributed by atoms with E-state index < -0.39 is 12.1 Å². The van der Waals surface area contributed by atoms with Crippen molar-refractivity contribution in [2.45, 2.75) is 347 Å². The van der Waals surface area contributed by atoms with Gasteiger partial charge in [0.25, 0.3) is 0 Å². The van der Waals surface area contributed by atoms with Crippen LogP contribution in [0.15, 0.2) is 60.8 Å². The average Bonchev–Trinajstić information content (AvgIpc) is 3.40. The van der Waals surface area contributed by atoms with Gasteiger partial charge in [-0.2, -0.15) is 0 Å². The van der Waals surface area contributed by atoms with E-state index in [1.165, 1.54) is 250 Å². The molecule has 0 bridgehead atoms. The summed E-state index contributed by atoms with van der Waals surface area (Å²) < 4.78 is 5.48. The smallest absolute Gasteiger partial charge is 0.305 e. The van der Waals surface area contributed by atoms with E-state index >= 15 is 0 Å². The molecule has 2 unspecified atom stereocenters. The maximum absolute atomic E-state index is 12.4. The first kappa shape index (κ1) is 71.6. The molecule has 0 aliphatic rings. The Balaban J connectivity index is 3.40. The fourth-order valence-electron chi connectivity index (χ4n) is 9.75. The number of carbonyl (C=O) groups is 2. The van der Waals surface area contributed by atoms with Crippen LogP contribution in [0.2, 0.25) is 0 Å². The summed E-state index contributed by atoms with van der Waals surface area (Å²) in [5.74, 6) is -0.0705. The van der Waals surface area contributed by atoms with E-state index in [4.69, 9.17) is 4.74 Å². The highest BCUT2D eigenvalue weighted by Crippen LogP contribution is 2.17. The molecule has 0 rings (SSSR count). The Bertz CT molecular complexity index is 1290. The van der Waals surface area contributed by atoms with Crippen LogP contribution in [0.1, 0.15) is 335 Å². The van der Waals surface area contributed by atoms with E-state index in [1.807, 2.05) is 6.08 Å². The zero-order valence-corrected chi connectivity index (χ0v) is 49.3. The van der Waals surface area contributed by atoms with Gasteiger partial charge < -0.3 is 20.3 Å². The Morgan fingerprint density at radius 2 is 0.676 bits per heavy atom. The van der Waals surface area contributed by atoms with Gasteiger partial charge >= 0.3 is 5.97 Å². The van der Waals surface area contributed by atoms with Gasteiger partial charge in [-0.1, -0.05) is 286 Å². The summed E-state index contributed by atoms with van der Waals surface area (Å²) in [7, 11) is 0. The first-order valence-electron chi connectivity index (χ1n) is 32.6. The van der Waals surface area contributed by atoms with Crippen LogP contribution in [0.5, 0.6) is 0 Å². The molecule has 2 atom stereocenters. The van der Waals surface area contributed by atoms with E-state index in [0.717, 1.165) is 57.8 Å². The Morgan fingerprint density at radius 3 is 1.04 bits per heavy atom. The molecule has 432 valence electrons. The highest BCUT2D eigenvalue weighted by Gasteiger charge is 2.18. The van der Waals surface area contributed by atoms with Crippen molar-refractivity contribution in [1.29, 1.82) is 0 Å². The molecule has 0 aromatic heterocycles. The fourth-order valence-corrected chi connectivity index (χ4v) is 9.75. The number of carbonyl (C=O) groups excluding carboxylic acids is 2. The summed E-state index contributed by atoms with van der Waals surface area (Å²) in [5, 5.41) is 23.0. The van der Waals surface area contributed by atoms with Crippen molar-refractivity contribution < 1.29 is 24.5 Å². The molecule has 0 aliphatic heterocycles. The number of rotatable bonds is 60. The lowest BCUT2D eigenvalue weighted by Crippen LogP contribution is -2.45. The first-order valence-corrected chi connectivity index (χ1v) is 32.6. The summed E-state index contributed by atoms with van der Waals surface area (Å²) in [4.78, 5) is 24.5. The monoisotopic (exact) mass is 1040 g/mol. The van der Waals surface area contributed by atoms with Crippen LogP contribution < -0.4 is 5.32 Å². The molecule has 74 heavy (non-hydrogen) atoms. The summed E-state index contributed by atoms with van der Waals surface area (Å²) in [6.07, 6.45) is 82.9. The Morgan fingerprint density at radius 1 is 0.378 bits per heavy atom. The molecule has 0 aromatic carbocycles. The van der Waals surface area contributed by atoms with Gasteiger partial charge in [0.2, 0.25) is 5.91 Å². The normalized spacial score (nSPS) is 13.0. The zero-order valence-electron chi connectivity index (χ0n) is 49.3. The Labute approximate surface area is 460 Å². The predicted octanol–water partition coefficient (Wildman–Crippen LogP) is 20.7. The standard InChI is InChI=1S/C68H125NO5/c1-3-5-7-9-11-13-15-16-17-36-39-42-46-50-54-58-62-68(73)74-63-59-55-51-47-43-40-37-34-32-30-28-26-24-22-20-18-19-21-23-25-27-29-31-33-35-38-41-45-49-53-57-61-67(72)69-65(64-70)66(71)60-56-52-48-44-14-12-10-8-6-4-2/h13,15,17,20,22,26,28,36,56,60,65-66,70-71H,3-12,14,16,18-19,21,23-25,27,29-35,37-55,57-59,61-64H2,1-2H3,(H,69,72)/b15-13-,22-20-,28-26-,36-17-,60-56+. The topological polar surface area (TPSA) is 95.9 Å². The van der Waals surface area contributed by atoms with Crippen molar-refractivity contribution in [2.24, 2.45) is 0 Å². The molecule has 0 heterocycles. The lowest BCUT2D eigenvalue weighted by molar-refractivity contribution is -0.143. The van der Waals surface area contributed by atoms with Crippen molar-refractivity contribution >= 4 is 11.9 Å². The lowest BCUT2D eigenvalue weighted by Gasteiger charge is -2.20. The van der Waals surface area contributed by atoms with E-state index in [0.29, 0.717) is 19.4 Å². The number of unbranched alkanes of at least 4 members (excludes halogenated alkanes) is 41. The fraction of sp³-hybridized carbons (Fsp3) is 0.824. The number of allylic oxidation sites excluding steroid dienone is 9. The zero-order chi connectivity index (χ0) is 53.6. The second-order valence-corrected chi connectivity index (χ2v) is 22.1. The van der Waals surface area contributed by atoms with Gasteiger partial charge in [-0.15, -0.1) is 0 Å². The van der Waals surface area contributed by atoms with Crippen LogP contribution in [-0.2, 0) is 14.3 Å². The maximum atomic E-state index is 12.4. The van der Waals surface area contributed by atoms with Gasteiger partial charge in [-0.25, -0.2) is 0 Å². The molecule has 0 saturated carbocycles. The third kappa shape index (κ3) is 58.8. The molecular weight excluding hydrogens is 911 g/mol. The molecule has 0 aliphatic carbocycles. The molecule has 6 heteroatoms. The number of hydrogen-bond acceptors (Lipinski definition) is 5. The molecule has 3 N–H and O–H groups in total. The minimum Gasteiger partial charge on any atom is -0.466 e. The third-order valence-electron chi connectivity index (χ3n) is 14.8. The van der Waals surface area contributed by atoms with Gasteiger partial charge in [0, 0.05) is 12.8 Å². The van der Waals surface area contributed by atoms with Crippen molar-refractivity contribution in [3.63, 3.8) is 0 Å². The van der Waals surface area contributed by atoms with Gasteiger partial charge in [0.15, 0.2) is 0 Å². The molecule has 0 fully saturated rings. The highest BCUT2D eigenvalue weighted by molar-refractivity contribution is 5.76. The molecule has 1 amide bonds. The second kappa shape index (κ2) is 63.1. The van der Waals surface area contributed by atoms with Crippen LogP contribution in [0.25, 0.3) is 0 Å². The van der Waals surface area contributed by atoms with E-state index in [-0.39, 0.29) is 18.5 Å². The summed E-state index contributed by atoms with van der Waals surface area (Å²) in [6, 6.07) is -0.626. The molecule has 0 aromatic rings. The van der Waals surface area contributed by atoms with Crippen LogP contribution in [0.3, 0.4) is 0 Å². The first-order chi connectivity index (χ1) is 36.5. The van der Waals surface area contributed by atoms with Gasteiger partial charge in [0.1, 0.15) is 0 Å². The number of esters is 1. The summed E-state index contributed by atoms with van der Waals surface area (Å²) in [6.45, 7) is 4.86. The number of amides is 1. The van der Waals surface area contributed by atoms with Crippen molar-refractivity contribution in [3.8, 4) is 0 Å². The number of ether oxygens (including phenoxy) is 1. The second-order valence-electron chi connectivity index (χ2n) is 22.1. The molecule has 6 nitrogen and oxygen atoms in total. The molecule has 0 spiro atoms. The number of aliphatic hydroxyl groups excluding tert-OH is 2. The average molecular weight is 1040 g/mol. The minimum absolute atomic E-state index is 0.00114. The van der Waals surface area contributed by atoms with Crippen LogP contribution in [0.4, 0.5) is 0 Å². The maximum Gasteiger partial charge on any atom is 0.305 e. The lowest BCUT2D eigenvalue weighted by atomic mass is 10.0. The van der Waals surface area contributed by atoms with Crippen molar-refractivity contribution in [1.82, 2.24) is 5.32 Å². The van der Waals surface area contributed by atoms with Gasteiger partial charge in [-0.05, 0) is 96.3 Å². The third-order valence-corrected chi connectivity index (χ3v) is 14.8. The SMILES string of the molecule is CCCCCC/C=C\C/C=C\CCCCCCCC(=O)OCCCCCCCCCCC/C=C\C/C=C\CCCCCCCCCCCCCCCCCC(=O)NC(CO)C(O)/C=C/CCCCCCCCCC. The summed E-state index contributed by atoms with van der Waals surface area (Å²) >= 11 is 0. The Hall–Kier alpha value is -2.44. The molecular formula is C68H125NO5.